The van der Waals surface area contributed by atoms with E-state index in [9.17, 15) is 4.79 Å². The monoisotopic (exact) mass is 446 g/mol. The summed E-state index contributed by atoms with van der Waals surface area (Å²) < 4.78 is 7.73. The SMILES string of the molecule is Cc1ccc2c(CSc3nnc(-c4cccnc4)n3[C@H]3CCCC[C@@H]3C)cc(=O)oc2c1. The van der Waals surface area contributed by atoms with E-state index in [1.165, 1.54) is 19.3 Å². The molecule has 2 atom stereocenters. The number of nitrogens with zero attached hydrogens (tertiary/aromatic N) is 4. The Kier molecular flexibility index (Phi) is 5.83. The minimum atomic E-state index is -0.322. The van der Waals surface area contributed by atoms with Crippen molar-refractivity contribution in [3.63, 3.8) is 0 Å². The van der Waals surface area contributed by atoms with E-state index in [4.69, 9.17) is 4.42 Å². The van der Waals surface area contributed by atoms with E-state index in [1.54, 1.807) is 24.0 Å². The summed E-state index contributed by atoms with van der Waals surface area (Å²) in [5.74, 6) is 2.05. The molecule has 1 fully saturated rings. The second-order valence-electron chi connectivity index (χ2n) is 8.63. The molecular weight excluding hydrogens is 420 g/mol. The number of hydrogen-bond acceptors (Lipinski definition) is 6. The van der Waals surface area contributed by atoms with E-state index >= 15 is 0 Å². The van der Waals surface area contributed by atoms with Gasteiger partial charge >= 0.3 is 5.63 Å². The van der Waals surface area contributed by atoms with Crippen LogP contribution >= 0.6 is 11.8 Å². The molecule has 164 valence electrons. The van der Waals surface area contributed by atoms with Crippen LogP contribution < -0.4 is 5.63 Å². The summed E-state index contributed by atoms with van der Waals surface area (Å²) in [6.07, 6.45) is 8.45. The van der Waals surface area contributed by atoms with Crippen LogP contribution in [0.1, 0.15) is 49.8 Å². The van der Waals surface area contributed by atoms with Crippen LogP contribution in [-0.2, 0) is 5.75 Å². The highest BCUT2D eigenvalue weighted by atomic mass is 32.2. The predicted octanol–water partition coefficient (Wildman–Crippen LogP) is 5.80. The number of hydrogen-bond donors (Lipinski definition) is 0. The van der Waals surface area contributed by atoms with Crippen LogP contribution in [0.15, 0.2) is 63.2 Å². The number of aryl methyl sites for hydroxylation is 1. The molecular formula is C25H26N4O2S. The molecule has 32 heavy (non-hydrogen) atoms. The fourth-order valence-electron chi connectivity index (χ4n) is 4.65. The lowest BCUT2D eigenvalue weighted by Crippen LogP contribution is -2.22. The van der Waals surface area contributed by atoms with E-state index in [0.717, 1.165) is 39.5 Å². The number of pyridine rings is 1. The van der Waals surface area contributed by atoms with Crippen LogP contribution in [0, 0.1) is 12.8 Å². The molecule has 0 N–H and O–H groups in total. The molecule has 6 nitrogen and oxygen atoms in total. The second-order valence-corrected chi connectivity index (χ2v) is 9.57. The Bertz CT molecular complexity index is 1300. The Hall–Kier alpha value is -2.93. The Morgan fingerprint density at radius 1 is 1.16 bits per heavy atom. The lowest BCUT2D eigenvalue weighted by molar-refractivity contribution is 0.247. The summed E-state index contributed by atoms with van der Waals surface area (Å²) in [7, 11) is 0. The Morgan fingerprint density at radius 2 is 2.03 bits per heavy atom. The zero-order valence-electron chi connectivity index (χ0n) is 18.3. The molecule has 1 aromatic carbocycles. The van der Waals surface area contributed by atoms with Gasteiger partial charge in [0.25, 0.3) is 0 Å². The zero-order chi connectivity index (χ0) is 22.1. The topological polar surface area (TPSA) is 73.8 Å². The smallest absolute Gasteiger partial charge is 0.336 e. The van der Waals surface area contributed by atoms with Gasteiger partial charge < -0.3 is 4.42 Å². The van der Waals surface area contributed by atoms with E-state index in [1.807, 2.05) is 43.5 Å². The minimum absolute atomic E-state index is 0.322. The predicted molar refractivity (Wildman–Crippen MR) is 127 cm³/mol. The molecule has 0 unspecified atom stereocenters. The lowest BCUT2D eigenvalue weighted by atomic mass is 9.85. The Morgan fingerprint density at radius 3 is 2.84 bits per heavy atom. The molecule has 0 radical (unpaired) electrons. The average molecular weight is 447 g/mol. The number of aromatic nitrogens is 4. The highest BCUT2D eigenvalue weighted by molar-refractivity contribution is 7.98. The number of thioether (sulfide) groups is 1. The van der Waals surface area contributed by atoms with Gasteiger partial charge in [0.15, 0.2) is 11.0 Å². The standard InChI is InChI=1S/C25H26N4O2S/c1-16-9-10-20-19(13-23(30)31-22(20)12-16)15-32-25-28-27-24(18-7-5-11-26-14-18)29(25)21-8-4-3-6-17(21)2/h5,7,9-14,17,21H,3-4,6,8,15H2,1-2H3/t17-,21-/m0/s1. The van der Waals surface area contributed by atoms with Gasteiger partial charge in [-0.3, -0.25) is 9.55 Å². The average Bonchev–Trinajstić information content (AvgIpc) is 3.21. The summed E-state index contributed by atoms with van der Waals surface area (Å²) >= 11 is 1.63. The molecule has 1 saturated carbocycles. The Labute approximate surface area is 191 Å². The van der Waals surface area contributed by atoms with Gasteiger partial charge in [-0.1, -0.05) is 43.7 Å². The third kappa shape index (κ3) is 4.09. The van der Waals surface area contributed by atoms with Crippen LogP contribution in [0.5, 0.6) is 0 Å². The van der Waals surface area contributed by atoms with E-state index in [-0.39, 0.29) is 5.63 Å². The quantitative estimate of drug-likeness (QED) is 0.285. The van der Waals surface area contributed by atoms with Gasteiger partial charge in [0.2, 0.25) is 0 Å². The van der Waals surface area contributed by atoms with Crippen molar-refractivity contribution in [1.82, 2.24) is 19.7 Å². The summed E-state index contributed by atoms with van der Waals surface area (Å²) in [4.78, 5) is 16.4. The van der Waals surface area contributed by atoms with Gasteiger partial charge in [-0.05, 0) is 55.0 Å². The third-order valence-electron chi connectivity index (χ3n) is 6.32. The molecule has 4 aromatic rings. The molecule has 7 heteroatoms. The van der Waals surface area contributed by atoms with Crippen molar-refractivity contribution in [3.05, 3.63) is 70.3 Å². The molecule has 0 spiro atoms. The minimum Gasteiger partial charge on any atom is -0.423 e. The second kappa shape index (κ2) is 8.90. The zero-order valence-corrected chi connectivity index (χ0v) is 19.1. The normalized spacial score (nSPS) is 18.8. The van der Waals surface area contributed by atoms with Gasteiger partial charge in [0.05, 0.1) is 0 Å². The van der Waals surface area contributed by atoms with Crippen LogP contribution in [-0.4, -0.2) is 19.7 Å². The maximum absolute atomic E-state index is 12.2. The largest absolute Gasteiger partial charge is 0.423 e. The van der Waals surface area contributed by atoms with Crippen molar-refractivity contribution >= 4 is 22.7 Å². The van der Waals surface area contributed by atoms with Gasteiger partial charge in [-0.2, -0.15) is 0 Å². The van der Waals surface area contributed by atoms with Crippen LogP contribution in [0.4, 0.5) is 0 Å². The molecule has 3 heterocycles. The van der Waals surface area contributed by atoms with E-state index < -0.39 is 0 Å². The summed E-state index contributed by atoms with van der Waals surface area (Å²) in [5.41, 5.74) is 3.31. The first kappa shape index (κ1) is 20.9. The van der Waals surface area contributed by atoms with E-state index in [0.29, 0.717) is 23.3 Å². The molecule has 0 amide bonds. The molecule has 1 aliphatic carbocycles. The first-order chi connectivity index (χ1) is 15.6. The summed E-state index contributed by atoms with van der Waals surface area (Å²) in [6, 6.07) is 11.9. The molecule has 1 aliphatic rings. The first-order valence-electron chi connectivity index (χ1n) is 11.1. The van der Waals surface area contributed by atoms with Crippen LogP contribution in [0.3, 0.4) is 0 Å². The van der Waals surface area contributed by atoms with Crippen molar-refractivity contribution in [1.29, 1.82) is 0 Å². The van der Waals surface area contributed by atoms with Gasteiger partial charge in [-0.25, -0.2) is 4.79 Å². The maximum Gasteiger partial charge on any atom is 0.336 e. The fraction of sp³-hybridized carbons (Fsp3) is 0.360. The summed E-state index contributed by atoms with van der Waals surface area (Å²) in [6.45, 7) is 4.32. The van der Waals surface area contributed by atoms with Crippen molar-refractivity contribution < 1.29 is 4.42 Å². The number of rotatable bonds is 5. The number of benzene rings is 1. The lowest BCUT2D eigenvalue weighted by Gasteiger charge is -2.31. The van der Waals surface area contributed by atoms with Crippen LogP contribution in [0.2, 0.25) is 0 Å². The molecule has 5 rings (SSSR count). The molecule has 0 bridgehead atoms. The maximum atomic E-state index is 12.2. The van der Waals surface area contributed by atoms with Crippen molar-refractivity contribution in [2.45, 2.75) is 56.5 Å². The molecule has 3 aromatic heterocycles. The molecule has 0 saturated heterocycles. The van der Waals surface area contributed by atoms with Gasteiger partial charge in [0.1, 0.15) is 5.58 Å². The summed E-state index contributed by atoms with van der Waals surface area (Å²) in [5, 5.41) is 11.0. The van der Waals surface area contributed by atoms with Crippen molar-refractivity contribution in [2.75, 3.05) is 0 Å². The Balaban J connectivity index is 1.53. The highest BCUT2D eigenvalue weighted by Crippen LogP contribution is 2.39. The number of fused-ring (bicyclic) bond motifs is 1. The molecule has 0 aliphatic heterocycles. The van der Waals surface area contributed by atoms with Crippen LogP contribution in [0.25, 0.3) is 22.4 Å². The van der Waals surface area contributed by atoms with E-state index in [2.05, 4.69) is 26.7 Å². The third-order valence-corrected chi connectivity index (χ3v) is 7.32. The highest BCUT2D eigenvalue weighted by Gasteiger charge is 2.28. The fourth-order valence-corrected chi connectivity index (χ4v) is 5.63. The van der Waals surface area contributed by atoms with Crippen molar-refractivity contribution in [3.8, 4) is 11.4 Å². The van der Waals surface area contributed by atoms with Crippen molar-refractivity contribution in [2.24, 2.45) is 5.92 Å². The first-order valence-corrected chi connectivity index (χ1v) is 12.1. The van der Waals surface area contributed by atoms with Gasteiger partial charge in [0, 0.05) is 41.2 Å². The van der Waals surface area contributed by atoms with Gasteiger partial charge in [-0.15, -0.1) is 10.2 Å².